The molecule has 1 aromatic carbocycles. The van der Waals surface area contributed by atoms with Gasteiger partial charge < -0.3 is 10.2 Å². The highest BCUT2D eigenvalue weighted by Crippen LogP contribution is 2.32. The third kappa shape index (κ3) is 2.50. The number of hydrogen-bond acceptors (Lipinski definition) is 2. The van der Waals surface area contributed by atoms with Crippen LogP contribution < -0.4 is 5.32 Å². The zero-order chi connectivity index (χ0) is 13.4. The van der Waals surface area contributed by atoms with E-state index >= 15 is 0 Å². The van der Waals surface area contributed by atoms with E-state index in [1.807, 2.05) is 13.1 Å². The van der Waals surface area contributed by atoms with E-state index < -0.39 is 0 Å². The van der Waals surface area contributed by atoms with Gasteiger partial charge in [-0.15, -0.1) is 0 Å². The molecule has 3 rings (SSSR count). The number of nitrogens with zero attached hydrogens (tertiary/aromatic N) is 1. The predicted molar refractivity (Wildman–Crippen MR) is 71.3 cm³/mol. The maximum Gasteiger partial charge on any atom is 0.222 e. The van der Waals surface area contributed by atoms with Crippen molar-refractivity contribution in [3.8, 4) is 0 Å². The first kappa shape index (κ1) is 12.6. The second-order valence-electron chi connectivity index (χ2n) is 5.61. The molecule has 3 nitrogen and oxygen atoms in total. The Morgan fingerprint density at radius 2 is 2.16 bits per heavy atom. The summed E-state index contributed by atoms with van der Waals surface area (Å²) in [6.07, 6.45) is 3.48. The fourth-order valence-corrected chi connectivity index (χ4v) is 3.19. The minimum atomic E-state index is -0.151. The third-order valence-electron chi connectivity index (χ3n) is 4.25. The Morgan fingerprint density at radius 3 is 2.95 bits per heavy atom. The summed E-state index contributed by atoms with van der Waals surface area (Å²) in [7, 11) is 1.86. The highest BCUT2D eigenvalue weighted by atomic mass is 19.1. The molecule has 1 heterocycles. The standard InChI is InChI=1S/C15H19FN2O/c1-18-9-12(4-7-15(18)19)17-14-6-2-10-8-11(16)3-5-13(10)14/h3,5,8,12,14,17H,2,4,6-7,9H2,1H3. The van der Waals surface area contributed by atoms with Crippen LogP contribution in [-0.4, -0.2) is 30.4 Å². The molecule has 0 spiro atoms. The molecule has 0 bridgehead atoms. The van der Waals surface area contributed by atoms with Gasteiger partial charge in [-0.3, -0.25) is 4.79 Å². The lowest BCUT2D eigenvalue weighted by Gasteiger charge is -2.32. The lowest BCUT2D eigenvalue weighted by molar-refractivity contribution is -0.132. The Morgan fingerprint density at radius 1 is 1.32 bits per heavy atom. The Kier molecular flexibility index (Phi) is 3.27. The second kappa shape index (κ2) is 4.93. The van der Waals surface area contributed by atoms with Gasteiger partial charge in [0.2, 0.25) is 5.91 Å². The molecule has 1 amide bonds. The van der Waals surface area contributed by atoms with Crippen LogP contribution in [0, 0.1) is 5.82 Å². The first-order valence-electron chi connectivity index (χ1n) is 6.92. The molecule has 2 unspecified atom stereocenters. The molecule has 2 atom stereocenters. The molecule has 102 valence electrons. The normalized spacial score (nSPS) is 26.6. The van der Waals surface area contributed by atoms with Crippen LogP contribution in [-0.2, 0) is 11.2 Å². The molecule has 1 aliphatic heterocycles. The van der Waals surface area contributed by atoms with Crippen molar-refractivity contribution in [3.63, 3.8) is 0 Å². The van der Waals surface area contributed by atoms with Gasteiger partial charge >= 0.3 is 0 Å². The molecule has 1 aliphatic carbocycles. The van der Waals surface area contributed by atoms with Crippen molar-refractivity contribution in [2.75, 3.05) is 13.6 Å². The molecule has 1 aromatic rings. The first-order chi connectivity index (χ1) is 9.13. The Labute approximate surface area is 112 Å². The number of rotatable bonds is 2. The van der Waals surface area contributed by atoms with Crippen LogP contribution in [0.1, 0.15) is 36.4 Å². The Hall–Kier alpha value is -1.42. The summed E-state index contributed by atoms with van der Waals surface area (Å²) >= 11 is 0. The Balaban J connectivity index is 1.68. The average molecular weight is 262 g/mol. The number of likely N-dealkylation sites (tertiary alicyclic amines) is 1. The van der Waals surface area contributed by atoms with Crippen LogP contribution in [0.5, 0.6) is 0 Å². The summed E-state index contributed by atoms with van der Waals surface area (Å²) in [5.41, 5.74) is 2.35. The highest BCUT2D eigenvalue weighted by Gasteiger charge is 2.28. The van der Waals surface area contributed by atoms with Crippen LogP contribution in [0.15, 0.2) is 18.2 Å². The lowest BCUT2D eigenvalue weighted by atomic mass is 10.0. The van der Waals surface area contributed by atoms with Crippen molar-refractivity contribution in [1.29, 1.82) is 0 Å². The van der Waals surface area contributed by atoms with Gasteiger partial charge in [-0.25, -0.2) is 4.39 Å². The van der Waals surface area contributed by atoms with Gasteiger partial charge in [0.25, 0.3) is 0 Å². The number of benzene rings is 1. The number of amides is 1. The van der Waals surface area contributed by atoms with Crippen LogP contribution in [0.2, 0.25) is 0 Å². The van der Waals surface area contributed by atoms with Crippen molar-refractivity contribution in [2.24, 2.45) is 0 Å². The number of nitrogens with one attached hydrogen (secondary N) is 1. The van der Waals surface area contributed by atoms with Gasteiger partial charge in [-0.05, 0) is 42.5 Å². The van der Waals surface area contributed by atoms with Gasteiger partial charge in [0, 0.05) is 32.1 Å². The largest absolute Gasteiger partial charge is 0.344 e. The van der Waals surface area contributed by atoms with E-state index in [9.17, 15) is 9.18 Å². The fraction of sp³-hybridized carbons (Fsp3) is 0.533. The van der Waals surface area contributed by atoms with Gasteiger partial charge in [0.1, 0.15) is 5.82 Å². The summed E-state index contributed by atoms with van der Waals surface area (Å²) in [6, 6.07) is 5.74. The maximum atomic E-state index is 13.2. The van der Waals surface area contributed by atoms with E-state index in [0.29, 0.717) is 18.5 Å². The number of carbonyl (C=O) groups excluding carboxylic acids is 1. The van der Waals surface area contributed by atoms with Gasteiger partial charge in [-0.1, -0.05) is 6.07 Å². The Bertz CT molecular complexity index is 503. The van der Waals surface area contributed by atoms with E-state index in [2.05, 4.69) is 5.32 Å². The van der Waals surface area contributed by atoms with Crippen LogP contribution in [0.3, 0.4) is 0 Å². The summed E-state index contributed by atoms with van der Waals surface area (Å²) in [5.74, 6) is 0.0781. The number of piperidine rings is 1. The molecule has 1 saturated heterocycles. The molecule has 0 saturated carbocycles. The number of fused-ring (bicyclic) bond motifs is 1. The maximum absolute atomic E-state index is 13.2. The van der Waals surface area contributed by atoms with Crippen LogP contribution in [0.4, 0.5) is 4.39 Å². The highest BCUT2D eigenvalue weighted by molar-refractivity contribution is 5.76. The van der Waals surface area contributed by atoms with Crippen LogP contribution in [0.25, 0.3) is 0 Å². The van der Waals surface area contributed by atoms with Gasteiger partial charge in [0.15, 0.2) is 0 Å². The monoisotopic (exact) mass is 262 g/mol. The number of carbonyl (C=O) groups is 1. The predicted octanol–water partition coefficient (Wildman–Crippen LogP) is 2.02. The zero-order valence-electron chi connectivity index (χ0n) is 11.2. The molecular weight excluding hydrogens is 243 g/mol. The molecule has 0 radical (unpaired) electrons. The molecule has 1 fully saturated rings. The van der Waals surface area contributed by atoms with E-state index in [-0.39, 0.29) is 11.7 Å². The summed E-state index contributed by atoms with van der Waals surface area (Å²) in [5, 5.41) is 3.63. The number of aryl methyl sites for hydroxylation is 1. The minimum Gasteiger partial charge on any atom is -0.344 e. The van der Waals surface area contributed by atoms with Crippen LogP contribution >= 0.6 is 0 Å². The topological polar surface area (TPSA) is 32.3 Å². The number of hydrogen-bond donors (Lipinski definition) is 1. The molecule has 0 aromatic heterocycles. The molecule has 2 aliphatic rings. The number of halogens is 1. The quantitative estimate of drug-likeness (QED) is 0.884. The van der Waals surface area contributed by atoms with Crippen molar-refractivity contribution < 1.29 is 9.18 Å². The van der Waals surface area contributed by atoms with E-state index in [4.69, 9.17) is 0 Å². The second-order valence-corrected chi connectivity index (χ2v) is 5.61. The van der Waals surface area contributed by atoms with Gasteiger partial charge in [-0.2, -0.15) is 0 Å². The van der Waals surface area contributed by atoms with E-state index in [0.717, 1.165) is 31.4 Å². The summed E-state index contributed by atoms with van der Waals surface area (Å²) in [4.78, 5) is 13.3. The SMILES string of the molecule is CN1CC(NC2CCc3cc(F)ccc32)CCC1=O. The van der Waals surface area contributed by atoms with Crippen molar-refractivity contribution in [3.05, 3.63) is 35.1 Å². The number of likely N-dealkylation sites (N-methyl/N-ethyl adjacent to an activating group) is 1. The molecular formula is C15H19FN2O. The average Bonchev–Trinajstić information content (AvgIpc) is 2.76. The van der Waals surface area contributed by atoms with Crippen molar-refractivity contribution in [1.82, 2.24) is 10.2 Å². The van der Waals surface area contributed by atoms with Crippen molar-refractivity contribution in [2.45, 2.75) is 37.8 Å². The van der Waals surface area contributed by atoms with Crippen molar-refractivity contribution >= 4 is 5.91 Å². The fourth-order valence-electron chi connectivity index (χ4n) is 3.19. The summed E-state index contributed by atoms with van der Waals surface area (Å²) < 4.78 is 13.2. The lowest BCUT2D eigenvalue weighted by Crippen LogP contribution is -2.47. The zero-order valence-corrected chi connectivity index (χ0v) is 11.2. The molecule has 4 heteroatoms. The third-order valence-corrected chi connectivity index (χ3v) is 4.25. The smallest absolute Gasteiger partial charge is 0.222 e. The minimum absolute atomic E-state index is 0.151. The van der Waals surface area contributed by atoms with Gasteiger partial charge in [0.05, 0.1) is 0 Å². The molecule has 1 N–H and O–H groups in total. The van der Waals surface area contributed by atoms with E-state index in [1.54, 1.807) is 11.0 Å². The first-order valence-corrected chi connectivity index (χ1v) is 6.92. The molecule has 19 heavy (non-hydrogen) atoms. The van der Waals surface area contributed by atoms with E-state index in [1.165, 1.54) is 11.6 Å². The summed E-state index contributed by atoms with van der Waals surface area (Å²) in [6.45, 7) is 0.770.